The number of aliphatic hydroxyl groups is 1. The van der Waals surface area contributed by atoms with E-state index in [1.165, 1.54) is 0 Å². The molecule has 1 aliphatic carbocycles. The first-order valence-corrected chi connectivity index (χ1v) is 9.66. The van der Waals surface area contributed by atoms with Crippen molar-refractivity contribution < 1.29 is 14.6 Å². The molecule has 0 aliphatic heterocycles. The number of amides is 1. The Balaban J connectivity index is 1.57. The van der Waals surface area contributed by atoms with Crippen LogP contribution >= 0.6 is 0 Å². The van der Waals surface area contributed by atoms with Gasteiger partial charge >= 0.3 is 0 Å². The molecule has 1 atom stereocenters. The maximum atomic E-state index is 12.0. The predicted molar refractivity (Wildman–Crippen MR) is 109 cm³/mol. The second kappa shape index (κ2) is 7.16. The summed E-state index contributed by atoms with van der Waals surface area (Å²) in [5.74, 6) is 1.27. The molecule has 0 unspecified atom stereocenters. The molecule has 4 rings (SSSR count). The number of aryl methyl sites for hydroxylation is 1. The molecule has 9 nitrogen and oxygen atoms in total. The summed E-state index contributed by atoms with van der Waals surface area (Å²) < 4.78 is 9.30. The van der Waals surface area contributed by atoms with Gasteiger partial charge in [-0.3, -0.25) is 9.48 Å². The Labute approximate surface area is 168 Å². The summed E-state index contributed by atoms with van der Waals surface area (Å²) in [5, 5.41) is 21.6. The van der Waals surface area contributed by atoms with Crippen LogP contribution in [-0.4, -0.2) is 48.7 Å². The van der Waals surface area contributed by atoms with Crippen LogP contribution in [0.4, 0.5) is 5.82 Å². The first-order chi connectivity index (χ1) is 13.7. The van der Waals surface area contributed by atoms with Crippen molar-refractivity contribution in [3.05, 3.63) is 30.6 Å². The smallest absolute Gasteiger partial charge is 0.228 e. The van der Waals surface area contributed by atoms with E-state index in [9.17, 15) is 9.90 Å². The van der Waals surface area contributed by atoms with Crippen LogP contribution in [0.2, 0.25) is 0 Å². The summed E-state index contributed by atoms with van der Waals surface area (Å²) in [4.78, 5) is 12.0. The monoisotopic (exact) mass is 398 g/mol. The molecule has 4 N–H and O–H groups in total. The van der Waals surface area contributed by atoms with Gasteiger partial charge in [-0.2, -0.15) is 10.2 Å². The number of pyridine rings is 1. The molecule has 1 amide bonds. The standard InChI is InChI=1S/C20H26N6O3/c1-20(2,28)16(21)11-29-15-10-22-25(3)18(15)13-6-7-26-14(8-13)9-17(24-26)23-19(27)12-4-5-12/h6-10,12,16,28H,4-5,11,21H2,1-3H3,(H,23,24,27)/t16-/m1/s1. The van der Waals surface area contributed by atoms with Crippen LogP contribution in [0.25, 0.3) is 16.8 Å². The molecule has 3 heterocycles. The van der Waals surface area contributed by atoms with E-state index >= 15 is 0 Å². The fourth-order valence-corrected chi connectivity index (χ4v) is 3.01. The molecule has 3 aromatic heterocycles. The van der Waals surface area contributed by atoms with Crippen molar-refractivity contribution in [2.24, 2.45) is 18.7 Å². The van der Waals surface area contributed by atoms with Gasteiger partial charge in [0.25, 0.3) is 0 Å². The highest BCUT2D eigenvalue weighted by Gasteiger charge is 2.30. The first kappa shape index (κ1) is 19.4. The van der Waals surface area contributed by atoms with E-state index < -0.39 is 11.6 Å². The molecular formula is C20H26N6O3. The van der Waals surface area contributed by atoms with Gasteiger partial charge in [-0.1, -0.05) is 0 Å². The Hall–Kier alpha value is -2.91. The number of nitrogens with one attached hydrogen (secondary N) is 1. The van der Waals surface area contributed by atoms with Gasteiger partial charge in [-0.05, 0) is 38.8 Å². The number of anilines is 1. The van der Waals surface area contributed by atoms with E-state index in [2.05, 4.69) is 15.5 Å². The number of aromatic nitrogens is 4. The molecule has 9 heteroatoms. The van der Waals surface area contributed by atoms with Gasteiger partial charge < -0.3 is 20.9 Å². The highest BCUT2D eigenvalue weighted by atomic mass is 16.5. The van der Waals surface area contributed by atoms with Gasteiger partial charge in [0.05, 0.1) is 23.4 Å². The number of carbonyl (C=O) groups is 1. The third kappa shape index (κ3) is 4.10. The van der Waals surface area contributed by atoms with Crippen LogP contribution in [0.1, 0.15) is 26.7 Å². The lowest BCUT2D eigenvalue weighted by Gasteiger charge is -2.25. The first-order valence-electron chi connectivity index (χ1n) is 9.66. The van der Waals surface area contributed by atoms with Gasteiger partial charge in [0.1, 0.15) is 12.3 Å². The Morgan fingerprint density at radius 1 is 1.45 bits per heavy atom. The fraction of sp³-hybridized carbons (Fsp3) is 0.450. The molecule has 1 aliphatic rings. The number of ether oxygens (including phenoxy) is 1. The van der Waals surface area contributed by atoms with E-state index in [0.717, 1.165) is 29.6 Å². The minimum absolute atomic E-state index is 0.0269. The Kier molecular flexibility index (Phi) is 4.79. The largest absolute Gasteiger partial charge is 0.488 e. The number of rotatable bonds is 7. The maximum absolute atomic E-state index is 12.0. The summed E-state index contributed by atoms with van der Waals surface area (Å²) in [7, 11) is 1.83. The Morgan fingerprint density at radius 3 is 2.90 bits per heavy atom. The zero-order valence-corrected chi connectivity index (χ0v) is 16.8. The third-order valence-corrected chi connectivity index (χ3v) is 5.17. The van der Waals surface area contributed by atoms with Crippen molar-refractivity contribution in [3.63, 3.8) is 0 Å². The Morgan fingerprint density at radius 2 is 2.21 bits per heavy atom. The van der Waals surface area contributed by atoms with E-state index in [-0.39, 0.29) is 18.4 Å². The average molecular weight is 398 g/mol. The molecule has 0 radical (unpaired) electrons. The minimum Gasteiger partial charge on any atom is -0.488 e. The average Bonchev–Trinajstić information content (AvgIpc) is 3.34. The summed E-state index contributed by atoms with van der Waals surface area (Å²) in [5.41, 5.74) is 7.47. The topological polar surface area (TPSA) is 120 Å². The number of hydrogen-bond donors (Lipinski definition) is 3. The number of carbonyl (C=O) groups excluding carboxylic acids is 1. The number of nitrogens with zero attached hydrogens (tertiary/aromatic N) is 4. The van der Waals surface area contributed by atoms with E-state index in [1.807, 2.05) is 31.4 Å². The lowest BCUT2D eigenvalue weighted by atomic mass is 10.0. The molecule has 1 saturated carbocycles. The summed E-state index contributed by atoms with van der Waals surface area (Å²) >= 11 is 0. The normalized spacial score (nSPS) is 15.5. The molecule has 0 saturated heterocycles. The molecule has 3 aromatic rings. The van der Waals surface area contributed by atoms with E-state index in [4.69, 9.17) is 10.5 Å². The van der Waals surface area contributed by atoms with Crippen LogP contribution < -0.4 is 15.8 Å². The van der Waals surface area contributed by atoms with Crippen molar-refractivity contribution >= 4 is 17.2 Å². The van der Waals surface area contributed by atoms with Crippen LogP contribution in [-0.2, 0) is 11.8 Å². The van der Waals surface area contributed by atoms with Crippen molar-refractivity contribution in [1.29, 1.82) is 0 Å². The van der Waals surface area contributed by atoms with E-state index in [0.29, 0.717) is 11.6 Å². The molecular weight excluding hydrogens is 372 g/mol. The Bertz CT molecular complexity index is 1040. The highest BCUT2D eigenvalue weighted by Crippen LogP contribution is 2.32. The second-order valence-electron chi connectivity index (χ2n) is 8.13. The summed E-state index contributed by atoms with van der Waals surface area (Å²) in [6.45, 7) is 3.46. The number of hydrogen-bond acceptors (Lipinski definition) is 6. The highest BCUT2D eigenvalue weighted by molar-refractivity contribution is 5.93. The van der Waals surface area contributed by atoms with Crippen LogP contribution in [0.15, 0.2) is 30.6 Å². The van der Waals surface area contributed by atoms with Crippen molar-refractivity contribution in [3.8, 4) is 17.0 Å². The molecule has 0 spiro atoms. The number of fused-ring (bicyclic) bond motifs is 1. The van der Waals surface area contributed by atoms with Crippen molar-refractivity contribution in [2.45, 2.75) is 38.3 Å². The molecule has 154 valence electrons. The lowest BCUT2D eigenvalue weighted by molar-refractivity contribution is -0.117. The molecule has 0 bridgehead atoms. The zero-order valence-electron chi connectivity index (χ0n) is 16.8. The SMILES string of the molecule is Cn1ncc(OC[C@@H](N)C(C)(C)O)c1-c1ccn2nc(NC(=O)C3CC3)cc2c1. The summed E-state index contributed by atoms with van der Waals surface area (Å²) in [6.07, 6.45) is 5.36. The fourth-order valence-electron chi connectivity index (χ4n) is 3.01. The molecule has 1 fully saturated rings. The molecule has 0 aromatic carbocycles. The quantitative estimate of drug-likeness (QED) is 0.556. The molecule has 29 heavy (non-hydrogen) atoms. The zero-order chi connectivity index (χ0) is 20.8. The number of nitrogens with two attached hydrogens (primary N) is 1. The minimum atomic E-state index is -1.04. The van der Waals surface area contributed by atoms with E-state index in [1.54, 1.807) is 29.2 Å². The van der Waals surface area contributed by atoms with Crippen LogP contribution in [0.3, 0.4) is 0 Å². The second-order valence-corrected chi connectivity index (χ2v) is 8.13. The van der Waals surface area contributed by atoms with Gasteiger partial charge in [-0.15, -0.1) is 0 Å². The lowest BCUT2D eigenvalue weighted by Crippen LogP contribution is -2.47. The van der Waals surface area contributed by atoms with Gasteiger partial charge in [0, 0.05) is 30.8 Å². The van der Waals surface area contributed by atoms with Crippen molar-refractivity contribution in [1.82, 2.24) is 19.4 Å². The predicted octanol–water partition coefficient (Wildman–Crippen LogP) is 1.56. The van der Waals surface area contributed by atoms with Gasteiger partial charge in [0.15, 0.2) is 11.6 Å². The summed E-state index contributed by atoms with van der Waals surface area (Å²) in [6, 6.07) is 5.17. The van der Waals surface area contributed by atoms with Gasteiger partial charge in [0.2, 0.25) is 5.91 Å². The maximum Gasteiger partial charge on any atom is 0.228 e. The third-order valence-electron chi connectivity index (χ3n) is 5.17. The van der Waals surface area contributed by atoms with Gasteiger partial charge in [-0.25, -0.2) is 4.52 Å². The van der Waals surface area contributed by atoms with Crippen LogP contribution in [0.5, 0.6) is 5.75 Å². The van der Waals surface area contributed by atoms with Crippen molar-refractivity contribution in [2.75, 3.05) is 11.9 Å². The van der Waals surface area contributed by atoms with Crippen LogP contribution in [0, 0.1) is 5.92 Å².